The van der Waals surface area contributed by atoms with Crippen LogP contribution in [0.5, 0.6) is 0 Å². The first-order valence-electron chi connectivity index (χ1n) is 7.60. The number of hydrogen-bond donors (Lipinski definition) is 2. The summed E-state index contributed by atoms with van der Waals surface area (Å²) in [5, 5.41) is 3.07. The van der Waals surface area contributed by atoms with Gasteiger partial charge in [-0.25, -0.2) is 4.39 Å². The summed E-state index contributed by atoms with van der Waals surface area (Å²) in [5.41, 5.74) is 7.41. The van der Waals surface area contributed by atoms with Crippen molar-refractivity contribution in [3.05, 3.63) is 29.6 Å². The van der Waals surface area contributed by atoms with Crippen molar-refractivity contribution in [3.63, 3.8) is 0 Å². The number of carbonyl (C=O) groups excluding carboxylic acids is 1. The Morgan fingerprint density at radius 3 is 2.83 bits per heavy atom. The topological polar surface area (TPSA) is 58.4 Å². The molecule has 2 rings (SSSR count). The van der Waals surface area contributed by atoms with E-state index >= 15 is 0 Å². The smallest absolute Gasteiger partial charge is 0.220 e. The van der Waals surface area contributed by atoms with Crippen molar-refractivity contribution in [2.75, 3.05) is 24.5 Å². The van der Waals surface area contributed by atoms with Crippen molar-refractivity contribution in [2.24, 2.45) is 5.73 Å². The summed E-state index contributed by atoms with van der Waals surface area (Å²) in [6.07, 6.45) is 3.23. The molecular weight excluding hydrogens is 340 g/mol. The van der Waals surface area contributed by atoms with Crippen LogP contribution in [-0.4, -0.2) is 31.6 Å². The van der Waals surface area contributed by atoms with Crippen molar-refractivity contribution in [3.8, 4) is 0 Å². The highest BCUT2D eigenvalue weighted by Crippen LogP contribution is 2.24. The monoisotopic (exact) mass is 365 g/mol. The zero-order valence-electron chi connectivity index (χ0n) is 13.4. The number of carbonyl (C=O) groups is 1. The number of nitrogens with one attached hydrogen (secondary N) is 1. The molecule has 1 atom stereocenters. The molecule has 1 fully saturated rings. The maximum atomic E-state index is 13.2. The Bertz CT molecular complexity index is 502. The predicted octanol–water partition coefficient (Wildman–Crippen LogP) is 2.80. The number of halogens is 3. The quantitative estimate of drug-likeness (QED) is 0.843. The molecule has 1 unspecified atom stereocenters. The molecule has 1 saturated heterocycles. The molecule has 132 valence electrons. The highest BCUT2D eigenvalue weighted by atomic mass is 35.5. The second-order valence-corrected chi connectivity index (χ2v) is 5.68. The fraction of sp³-hybridized carbons (Fsp3) is 0.562. The lowest BCUT2D eigenvalue weighted by molar-refractivity contribution is -0.121. The van der Waals surface area contributed by atoms with Crippen LogP contribution in [0.2, 0.25) is 0 Å². The summed E-state index contributed by atoms with van der Waals surface area (Å²) < 4.78 is 13.2. The summed E-state index contributed by atoms with van der Waals surface area (Å²) in [6.45, 7) is 4.18. The number of hydrogen-bond acceptors (Lipinski definition) is 3. The molecule has 1 heterocycles. The van der Waals surface area contributed by atoms with Crippen molar-refractivity contribution in [2.45, 2.75) is 38.6 Å². The first-order chi connectivity index (χ1) is 10.1. The van der Waals surface area contributed by atoms with Gasteiger partial charge in [0.25, 0.3) is 0 Å². The van der Waals surface area contributed by atoms with Gasteiger partial charge in [-0.3, -0.25) is 4.79 Å². The number of piperidine rings is 1. The maximum Gasteiger partial charge on any atom is 0.220 e. The van der Waals surface area contributed by atoms with Crippen LogP contribution in [0.3, 0.4) is 0 Å². The first-order valence-corrected chi connectivity index (χ1v) is 7.60. The van der Waals surface area contributed by atoms with Gasteiger partial charge in [-0.15, -0.1) is 24.8 Å². The lowest BCUT2D eigenvalue weighted by atomic mass is 10.0. The molecule has 1 aromatic carbocycles. The summed E-state index contributed by atoms with van der Waals surface area (Å²) in [7, 11) is 0. The van der Waals surface area contributed by atoms with Crippen molar-refractivity contribution in [1.82, 2.24) is 5.32 Å². The van der Waals surface area contributed by atoms with E-state index in [0.29, 0.717) is 13.0 Å². The van der Waals surface area contributed by atoms with E-state index in [1.165, 1.54) is 6.07 Å². The Morgan fingerprint density at radius 1 is 1.43 bits per heavy atom. The van der Waals surface area contributed by atoms with Crippen LogP contribution >= 0.6 is 24.8 Å². The third-order valence-electron chi connectivity index (χ3n) is 3.89. The number of amides is 1. The molecule has 0 saturated carbocycles. The lowest BCUT2D eigenvalue weighted by Crippen LogP contribution is -2.48. The minimum absolute atomic E-state index is 0. The van der Waals surface area contributed by atoms with Gasteiger partial charge in [0.1, 0.15) is 5.82 Å². The van der Waals surface area contributed by atoms with E-state index in [4.69, 9.17) is 5.73 Å². The van der Waals surface area contributed by atoms with Crippen LogP contribution in [-0.2, 0) is 4.79 Å². The van der Waals surface area contributed by atoms with Gasteiger partial charge in [-0.1, -0.05) is 0 Å². The minimum atomic E-state index is -0.208. The molecule has 7 heteroatoms. The van der Waals surface area contributed by atoms with E-state index in [1.807, 2.05) is 13.0 Å². The minimum Gasteiger partial charge on any atom is -0.369 e. The molecular formula is C16H26Cl2FN3O. The highest BCUT2D eigenvalue weighted by molar-refractivity contribution is 5.85. The van der Waals surface area contributed by atoms with Crippen molar-refractivity contribution < 1.29 is 9.18 Å². The Balaban J connectivity index is 0.00000242. The second kappa shape index (κ2) is 10.7. The maximum absolute atomic E-state index is 13.2. The summed E-state index contributed by atoms with van der Waals surface area (Å²) in [4.78, 5) is 14.0. The number of benzene rings is 1. The average Bonchev–Trinajstić information content (AvgIpc) is 2.45. The van der Waals surface area contributed by atoms with Crippen LogP contribution in [0.1, 0.15) is 31.2 Å². The molecule has 0 radical (unpaired) electrons. The fourth-order valence-corrected chi connectivity index (χ4v) is 2.85. The molecule has 0 spiro atoms. The number of anilines is 1. The number of rotatable bonds is 5. The molecule has 0 aliphatic carbocycles. The van der Waals surface area contributed by atoms with Gasteiger partial charge >= 0.3 is 0 Å². The van der Waals surface area contributed by atoms with Crippen molar-refractivity contribution >= 4 is 36.4 Å². The number of aryl methyl sites for hydroxylation is 1. The summed E-state index contributed by atoms with van der Waals surface area (Å²) in [6, 6.07) is 5.03. The van der Waals surface area contributed by atoms with E-state index in [-0.39, 0.29) is 42.6 Å². The molecule has 4 nitrogen and oxygen atoms in total. The zero-order chi connectivity index (χ0) is 15.2. The lowest BCUT2D eigenvalue weighted by Gasteiger charge is -2.35. The van der Waals surface area contributed by atoms with Crippen LogP contribution in [0.25, 0.3) is 0 Å². The summed E-state index contributed by atoms with van der Waals surface area (Å²) >= 11 is 0. The van der Waals surface area contributed by atoms with Crippen LogP contribution in [0, 0.1) is 12.7 Å². The molecule has 0 aromatic heterocycles. The zero-order valence-corrected chi connectivity index (χ0v) is 15.0. The van der Waals surface area contributed by atoms with Gasteiger partial charge in [0.15, 0.2) is 0 Å². The molecule has 23 heavy (non-hydrogen) atoms. The fourth-order valence-electron chi connectivity index (χ4n) is 2.85. The van der Waals surface area contributed by atoms with Gasteiger partial charge < -0.3 is 16.0 Å². The van der Waals surface area contributed by atoms with Gasteiger partial charge in [-0.05, 0) is 56.5 Å². The van der Waals surface area contributed by atoms with E-state index in [2.05, 4.69) is 10.2 Å². The Hall–Kier alpha value is -1.04. The second-order valence-electron chi connectivity index (χ2n) is 5.68. The standard InChI is InChI=1S/C16H24FN3O.2ClH/c1-12-10-13(17)6-7-15(12)20-9-3-4-14(11-20)19-16(21)5-2-8-18;;/h6-7,10,14H,2-5,8-9,11,18H2,1H3,(H,19,21);2*1H. The molecule has 1 aliphatic rings. The molecule has 1 aliphatic heterocycles. The van der Waals surface area contributed by atoms with Crippen molar-refractivity contribution in [1.29, 1.82) is 0 Å². The number of nitrogens with two attached hydrogens (primary N) is 1. The molecule has 0 bridgehead atoms. The Morgan fingerprint density at radius 2 is 2.17 bits per heavy atom. The Labute approximate surface area is 149 Å². The SMILES string of the molecule is Cc1cc(F)ccc1N1CCCC(NC(=O)CCCN)C1.Cl.Cl. The average molecular weight is 366 g/mol. The van der Waals surface area contributed by atoms with Gasteiger partial charge in [0, 0.05) is 31.2 Å². The normalized spacial score (nSPS) is 17.0. The van der Waals surface area contributed by atoms with Crippen LogP contribution in [0.15, 0.2) is 18.2 Å². The number of nitrogens with zero attached hydrogens (tertiary/aromatic N) is 1. The highest BCUT2D eigenvalue weighted by Gasteiger charge is 2.22. The van der Waals surface area contributed by atoms with E-state index in [0.717, 1.165) is 43.6 Å². The third kappa shape index (κ3) is 6.53. The Kier molecular flexibility index (Phi) is 10.2. The van der Waals surface area contributed by atoms with E-state index in [9.17, 15) is 9.18 Å². The molecule has 1 aromatic rings. The van der Waals surface area contributed by atoms with E-state index in [1.54, 1.807) is 6.07 Å². The van der Waals surface area contributed by atoms with E-state index < -0.39 is 0 Å². The largest absolute Gasteiger partial charge is 0.369 e. The van der Waals surface area contributed by atoms with Gasteiger partial charge in [-0.2, -0.15) is 0 Å². The van der Waals surface area contributed by atoms with Gasteiger partial charge in [0.05, 0.1) is 0 Å². The first kappa shape index (κ1) is 22.0. The summed E-state index contributed by atoms with van der Waals surface area (Å²) in [5.74, 6) is -0.136. The van der Waals surface area contributed by atoms with Gasteiger partial charge in [0.2, 0.25) is 5.91 Å². The third-order valence-corrected chi connectivity index (χ3v) is 3.89. The molecule has 1 amide bonds. The predicted molar refractivity (Wildman–Crippen MR) is 97.3 cm³/mol. The van der Waals surface area contributed by atoms with Crippen LogP contribution < -0.4 is 16.0 Å². The van der Waals surface area contributed by atoms with Crippen LogP contribution in [0.4, 0.5) is 10.1 Å². The molecule has 3 N–H and O–H groups in total.